The van der Waals surface area contributed by atoms with Crippen LogP contribution in [0.5, 0.6) is 0 Å². The van der Waals surface area contributed by atoms with E-state index in [0.717, 1.165) is 48.9 Å². The number of thioether (sulfide) groups is 1. The molecule has 1 N–H and O–H groups in total. The first-order chi connectivity index (χ1) is 12.3. The number of benzene rings is 1. The number of hydrogen-bond acceptors (Lipinski definition) is 3. The van der Waals surface area contributed by atoms with Crippen LogP contribution in [0.2, 0.25) is 5.02 Å². The molecule has 3 rings (SSSR count). The molecule has 1 aliphatic carbocycles. The summed E-state index contributed by atoms with van der Waals surface area (Å²) in [6, 6.07) is 9.65. The Morgan fingerprint density at radius 3 is 2.38 bits per heavy atom. The van der Waals surface area contributed by atoms with Crippen LogP contribution in [0.4, 0.5) is 13.2 Å². The predicted octanol–water partition coefficient (Wildman–Crippen LogP) is 5.04. The summed E-state index contributed by atoms with van der Waals surface area (Å²) in [5.74, 6) is -0.0837. The van der Waals surface area contributed by atoms with Crippen molar-refractivity contribution >= 4 is 29.3 Å². The highest BCUT2D eigenvalue weighted by Gasteiger charge is 2.39. The van der Waals surface area contributed by atoms with Crippen LogP contribution in [0, 0.1) is 0 Å². The van der Waals surface area contributed by atoms with E-state index in [1.165, 1.54) is 6.07 Å². The second kappa shape index (κ2) is 7.48. The fourth-order valence-corrected chi connectivity index (χ4v) is 3.63. The molecule has 1 fully saturated rings. The molecule has 0 saturated heterocycles. The van der Waals surface area contributed by atoms with E-state index in [1.807, 2.05) is 12.1 Å². The van der Waals surface area contributed by atoms with Crippen LogP contribution in [-0.2, 0) is 16.5 Å². The average molecular weight is 401 g/mol. The van der Waals surface area contributed by atoms with E-state index >= 15 is 0 Å². The van der Waals surface area contributed by atoms with Gasteiger partial charge in [-0.25, -0.2) is 4.98 Å². The highest BCUT2D eigenvalue weighted by atomic mass is 35.5. The Bertz CT molecular complexity index is 775. The zero-order valence-electron chi connectivity index (χ0n) is 13.6. The van der Waals surface area contributed by atoms with Crippen LogP contribution in [0.1, 0.15) is 30.4 Å². The lowest BCUT2D eigenvalue weighted by atomic mass is 9.72. The van der Waals surface area contributed by atoms with E-state index in [-0.39, 0.29) is 17.2 Å². The average Bonchev–Trinajstić information content (AvgIpc) is 2.57. The van der Waals surface area contributed by atoms with Gasteiger partial charge in [-0.15, -0.1) is 0 Å². The van der Waals surface area contributed by atoms with Gasteiger partial charge in [0.25, 0.3) is 0 Å². The molecule has 1 aliphatic rings. The molecular weight excluding hydrogens is 385 g/mol. The monoisotopic (exact) mass is 400 g/mol. The summed E-state index contributed by atoms with van der Waals surface area (Å²) in [5.41, 5.74) is -0.169. The molecule has 1 saturated carbocycles. The second-order valence-corrected chi connectivity index (χ2v) is 7.59. The van der Waals surface area contributed by atoms with Crippen molar-refractivity contribution in [2.75, 3.05) is 5.75 Å². The summed E-state index contributed by atoms with van der Waals surface area (Å²) in [7, 11) is 0. The number of halogens is 4. The van der Waals surface area contributed by atoms with Gasteiger partial charge in [0.15, 0.2) is 0 Å². The number of rotatable bonds is 5. The van der Waals surface area contributed by atoms with Gasteiger partial charge < -0.3 is 5.32 Å². The van der Waals surface area contributed by atoms with Gasteiger partial charge in [-0.3, -0.25) is 4.79 Å². The van der Waals surface area contributed by atoms with E-state index in [0.29, 0.717) is 10.0 Å². The zero-order chi connectivity index (χ0) is 18.8. The maximum Gasteiger partial charge on any atom is 0.417 e. The SMILES string of the molecule is O=C(CSc1ccc(C(F)(F)F)cn1)NC1(c2ccc(Cl)cc2)CCC1. The number of pyridine rings is 1. The Balaban J connectivity index is 1.59. The zero-order valence-corrected chi connectivity index (χ0v) is 15.2. The molecule has 26 heavy (non-hydrogen) atoms. The van der Waals surface area contributed by atoms with Gasteiger partial charge in [-0.2, -0.15) is 13.2 Å². The lowest BCUT2D eigenvalue weighted by Crippen LogP contribution is -2.51. The number of amides is 1. The minimum absolute atomic E-state index is 0.0910. The number of alkyl halides is 3. The number of carbonyl (C=O) groups excluding carboxylic acids is 1. The maximum atomic E-state index is 12.5. The van der Waals surface area contributed by atoms with E-state index in [4.69, 9.17) is 11.6 Å². The fraction of sp³-hybridized carbons (Fsp3) is 0.333. The third kappa shape index (κ3) is 4.32. The summed E-state index contributed by atoms with van der Waals surface area (Å²) in [6.07, 6.45) is -0.909. The molecule has 0 radical (unpaired) electrons. The van der Waals surface area contributed by atoms with Crippen molar-refractivity contribution in [3.05, 3.63) is 58.7 Å². The summed E-state index contributed by atoms with van der Waals surface area (Å²) >= 11 is 7.03. The van der Waals surface area contributed by atoms with Gasteiger partial charge in [0, 0.05) is 11.2 Å². The highest BCUT2D eigenvalue weighted by Crippen LogP contribution is 2.41. The molecular formula is C18H16ClF3N2OS. The van der Waals surface area contributed by atoms with Crippen LogP contribution in [0.25, 0.3) is 0 Å². The minimum Gasteiger partial charge on any atom is -0.346 e. The lowest BCUT2D eigenvalue weighted by molar-refractivity contribution is -0.137. The van der Waals surface area contributed by atoms with Gasteiger partial charge in [-0.1, -0.05) is 35.5 Å². The molecule has 0 bridgehead atoms. The van der Waals surface area contributed by atoms with Gasteiger partial charge >= 0.3 is 6.18 Å². The van der Waals surface area contributed by atoms with Crippen molar-refractivity contribution in [2.24, 2.45) is 0 Å². The second-order valence-electron chi connectivity index (χ2n) is 6.16. The summed E-state index contributed by atoms with van der Waals surface area (Å²) in [4.78, 5) is 16.1. The first-order valence-electron chi connectivity index (χ1n) is 8.02. The Labute approximate surface area is 158 Å². The van der Waals surface area contributed by atoms with Gasteiger partial charge in [0.2, 0.25) is 5.91 Å². The molecule has 1 amide bonds. The molecule has 0 atom stereocenters. The molecule has 1 heterocycles. The number of nitrogens with zero attached hydrogens (tertiary/aromatic N) is 1. The molecule has 0 spiro atoms. The van der Waals surface area contributed by atoms with E-state index in [9.17, 15) is 18.0 Å². The molecule has 1 aromatic heterocycles. The highest BCUT2D eigenvalue weighted by molar-refractivity contribution is 7.99. The quantitative estimate of drug-likeness (QED) is 0.715. The lowest BCUT2D eigenvalue weighted by Gasteiger charge is -2.43. The fourth-order valence-electron chi connectivity index (χ4n) is 2.86. The van der Waals surface area contributed by atoms with Crippen molar-refractivity contribution < 1.29 is 18.0 Å². The van der Waals surface area contributed by atoms with Crippen molar-refractivity contribution in [1.82, 2.24) is 10.3 Å². The molecule has 1 aromatic carbocycles. The number of carbonyl (C=O) groups is 1. The van der Waals surface area contributed by atoms with Gasteiger partial charge in [0.1, 0.15) is 0 Å². The first-order valence-corrected chi connectivity index (χ1v) is 9.38. The Morgan fingerprint density at radius 1 is 1.19 bits per heavy atom. The summed E-state index contributed by atoms with van der Waals surface area (Å²) < 4.78 is 37.6. The van der Waals surface area contributed by atoms with Crippen molar-refractivity contribution in [3.8, 4) is 0 Å². The smallest absolute Gasteiger partial charge is 0.346 e. The predicted molar refractivity (Wildman–Crippen MR) is 95.1 cm³/mol. The first kappa shape index (κ1) is 19.0. The van der Waals surface area contributed by atoms with E-state index in [1.54, 1.807) is 12.1 Å². The molecule has 0 aliphatic heterocycles. The normalized spacial score (nSPS) is 16.0. The topological polar surface area (TPSA) is 42.0 Å². The Kier molecular flexibility index (Phi) is 5.48. The van der Waals surface area contributed by atoms with E-state index in [2.05, 4.69) is 10.3 Å². The molecule has 0 unspecified atom stereocenters. The molecule has 8 heteroatoms. The van der Waals surface area contributed by atoms with Crippen molar-refractivity contribution in [1.29, 1.82) is 0 Å². The molecule has 3 nitrogen and oxygen atoms in total. The van der Waals surface area contributed by atoms with Crippen molar-refractivity contribution in [3.63, 3.8) is 0 Å². The minimum atomic E-state index is -4.41. The third-order valence-corrected chi connectivity index (χ3v) is 5.59. The van der Waals surface area contributed by atoms with Crippen LogP contribution < -0.4 is 5.32 Å². The van der Waals surface area contributed by atoms with Crippen LogP contribution >= 0.6 is 23.4 Å². The van der Waals surface area contributed by atoms with E-state index < -0.39 is 11.7 Å². The molecule has 138 valence electrons. The number of nitrogens with one attached hydrogen (secondary N) is 1. The largest absolute Gasteiger partial charge is 0.417 e. The Hall–Kier alpha value is -1.73. The van der Waals surface area contributed by atoms with Crippen molar-refractivity contribution in [2.45, 2.75) is 36.0 Å². The maximum absolute atomic E-state index is 12.5. The Morgan fingerprint density at radius 2 is 1.88 bits per heavy atom. The third-order valence-electron chi connectivity index (χ3n) is 4.40. The summed E-state index contributed by atoms with van der Waals surface area (Å²) in [5, 5.41) is 4.08. The van der Waals surface area contributed by atoms with Crippen LogP contribution in [0.3, 0.4) is 0 Å². The number of aromatic nitrogens is 1. The molecule has 2 aromatic rings. The number of hydrogen-bond donors (Lipinski definition) is 1. The van der Waals surface area contributed by atoms with Gasteiger partial charge in [0.05, 0.1) is 21.9 Å². The van der Waals surface area contributed by atoms with Crippen LogP contribution in [0.15, 0.2) is 47.6 Å². The standard InChI is InChI=1S/C18H16ClF3N2OS/c19-14-5-2-12(3-6-14)17(8-1-9-17)24-15(25)11-26-16-7-4-13(10-23-16)18(20,21)22/h2-7,10H,1,8-9,11H2,(H,24,25). The summed E-state index contributed by atoms with van der Waals surface area (Å²) in [6.45, 7) is 0. The van der Waals surface area contributed by atoms with Crippen LogP contribution in [-0.4, -0.2) is 16.6 Å². The van der Waals surface area contributed by atoms with Gasteiger partial charge in [-0.05, 0) is 49.1 Å².